The van der Waals surface area contributed by atoms with Crippen LogP contribution in [0, 0.1) is 6.57 Å². The van der Waals surface area contributed by atoms with E-state index in [4.69, 9.17) is 25.9 Å². The van der Waals surface area contributed by atoms with Gasteiger partial charge < -0.3 is 4.42 Å². The van der Waals surface area contributed by atoms with E-state index in [1.54, 1.807) is 0 Å². The first kappa shape index (κ1) is 40.3. The van der Waals surface area contributed by atoms with Gasteiger partial charge in [-0.05, 0) is 120 Å². The number of nitrogens with zero attached hydrogens (tertiary/aromatic N) is 4. The van der Waals surface area contributed by atoms with Crippen molar-refractivity contribution in [3.05, 3.63) is 205 Å². The van der Waals surface area contributed by atoms with Crippen molar-refractivity contribution in [2.24, 2.45) is 0 Å². The van der Waals surface area contributed by atoms with Gasteiger partial charge in [-0.2, -0.15) is 0 Å². The SMILES string of the molecule is [C-]#[N+]c1ccc(-c2ccc(-c3nc(-c4ccc5ccccc5c4)nc(-c4ccc(-c5cc(-c6ccc7c(c6)C(C)(C)CCC7(C)C)cc6oc7ccccc7c56)c5ccccc45)n3)cc2)cc1. The van der Waals surface area contributed by atoms with E-state index in [9.17, 15) is 0 Å². The van der Waals surface area contributed by atoms with Gasteiger partial charge in [0.15, 0.2) is 23.2 Å². The Morgan fingerprint density at radius 2 is 0.985 bits per heavy atom. The lowest BCUT2D eigenvalue weighted by Crippen LogP contribution is -2.33. The van der Waals surface area contributed by atoms with Crippen LogP contribution in [0.2, 0.25) is 0 Å². The predicted molar refractivity (Wildman–Crippen MR) is 276 cm³/mol. The molecule has 2 heterocycles. The van der Waals surface area contributed by atoms with E-state index >= 15 is 0 Å². The van der Waals surface area contributed by atoms with Crippen molar-refractivity contribution < 1.29 is 4.42 Å². The van der Waals surface area contributed by atoms with Gasteiger partial charge in [0.05, 0.1) is 6.57 Å². The number of aromatic nitrogens is 3. The summed E-state index contributed by atoms with van der Waals surface area (Å²) in [5.41, 5.74) is 14.8. The molecule has 0 aliphatic heterocycles. The van der Waals surface area contributed by atoms with Gasteiger partial charge in [-0.3, -0.25) is 0 Å². The van der Waals surface area contributed by atoms with Gasteiger partial charge >= 0.3 is 0 Å². The Bertz CT molecular complexity index is 3810. The molecule has 0 bridgehead atoms. The third-order valence-electron chi connectivity index (χ3n) is 14.2. The summed E-state index contributed by atoms with van der Waals surface area (Å²) in [5, 5.41) is 6.61. The molecule has 1 aliphatic carbocycles. The molecule has 0 spiro atoms. The van der Waals surface area contributed by atoms with Crippen LogP contribution >= 0.6 is 0 Å². The van der Waals surface area contributed by atoms with Crippen LogP contribution in [0.5, 0.6) is 0 Å². The summed E-state index contributed by atoms with van der Waals surface area (Å²) < 4.78 is 6.71. The molecule has 0 saturated carbocycles. The maximum Gasteiger partial charge on any atom is 0.187 e. The second-order valence-corrected chi connectivity index (χ2v) is 19.3. The zero-order chi connectivity index (χ0) is 45.4. The van der Waals surface area contributed by atoms with Crippen LogP contribution in [0.4, 0.5) is 5.69 Å². The predicted octanol–water partition coefficient (Wildman–Crippen LogP) is 17.0. The van der Waals surface area contributed by atoms with E-state index in [2.05, 4.69) is 184 Å². The smallest absolute Gasteiger partial charge is 0.187 e. The fourth-order valence-corrected chi connectivity index (χ4v) is 10.4. The van der Waals surface area contributed by atoms with Crippen molar-refractivity contribution in [2.75, 3.05) is 0 Å². The first-order valence-electron chi connectivity index (χ1n) is 23.1. The summed E-state index contributed by atoms with van der Waals surface area (Å²) in [6, 6.07) is 63.9. The lowest BCUT2D eigenvalue weighted by molar-refractivity contribution is 0.332. The number of fused-ring (bicyclic) bond motifs is 6. The zero-order valence-corrected chi connectivity index (χ0v) is 37.9. The van der Waals surface area contributed by atoms with Crippen molar-refractivity contribution in [1.29, 1.82) is 0 Å². The Hall–Kier alpha value is -8.20. The zero-order valence-electron chi connectivity index (χ0n) is 37.9. The van der Waals surface area contributed by atoms with E-state index in [1.807, 2.05) is 30.3 Å². The van der Waals surface area contributed by atoms with Gasteiger partial charge in [-0.15, -0.1) is 0 Å². The lowest BCUT2D eigenvalue weighted by atomic mass is 9.63. The molecule has 12 rings (SSSR count). The van der Waals surface area contributed by atoms with Crippen LogP contribution in [0.25, 0.3) is 116 Å². The normalized spacial score (nSPS) is 14.1. The van der Waals surface area contributed by atoms with E-state index in [0.29, 0.717) is 23.2 Å². The number of para-hydroxylation sites is 1. The van der Waals surface area contributed by atoms with Crippen molar-refractivity contribution in [2.45, 2.75) is 51.4 Å². The second kappa shape index (κ2) is 15.5. The van der Waals surface area contributed by atoms with E-state index < -0.39 is 0 Å². The minimum absolute atomic E-state index is 0.0820. The highest BCUT2D eigenvalue weighted by Crippen LogP contribution is 2.49. The Labute approximate surface area is 390 Å². The summed E-state index contributed by atoms with van der Waals surface area (Å²) >= 11 is 0. The molecule has 1 aliphatic rings. The molecule has 0 fully saturated rings. The molecule has 2 aromatic heterocycles. The Morgan fingerprint density at radius 1 is 0.418 bits per heavy atom. The average Bonchev–Trinajstić information content (AvgIpc) is 3.76. The second-order valence-electron chi connectivity index (χ2n) is 19.3. The molecule has 0 N–H and O–H groups in total. The lowest BCUT2D eigenvalue weighted by Gasteiger charge is -2.42. The van der Waals surface area contributed by atoms with Crippen molar-refractivity contribution in [1.82, 2.24) is 15.0 Å². The topological polar surface area (TPSA) is 56.2 Å². The molecule has 9 aromatic carbocycles. The van der Waals surface area contributed by atoms with Crippen molar-refractivity contribution in [3.8, 4) is 67.5 Å². The van der Waals surface area contributed by atoms with Crippen LogP contribution in [-0.2, 0) is 10.8 Å². The maximum absolute atomic E-state index is 7.37. The van der Waals surface area contributed by atoms with Gasteiger partial charge in [-0.25, -0.2) is 19.8 Å². The number of rotatable bonds is 6. The molecule has 67 heavy (non-hydrogen) atoms. The van der Waals surface area contributed by atoms with Crippen LogP contribution in [0.1, 0.15) is 51.7 Å². The highest BCUT2D eigenvalue weighted by Gasteiger charge is 2.37. The molecule has 0 amide bonds. The van der Waals surface area contributed by atoms with E-state index in [1.165, 1.54) is 23.1 Å². The summed E-state index contributed by atoms with van der Waals surface area (Å²) in [5.74, 6) is 1.79. The molecule has 0 saturated heterocycles. The molecule has 5 heteroatoms. The van der Waals surface area contributed by atoms with Gasteiger partial charge in [0.2, 0.25) is 0 Å². The Kier molecular flexibility index (Phi) is 9.31. The molecular weight excluding hydrogens is 817 g/mol. The van der Waals surface area contributed by atoms with Crippen molar-refractivity contribution in [3.63, 3.8) is 0 Å². The van der Waals surface area contributed by atoms with E-state index in [0.717, 1.165) is 94.4 Å². The maximum atomic E-state index is 7.37. The third-order valence-corrected chi connectivity index (χ3v) is 14.2. The van der Waals surface area contributed by atoms with Crippen LogP contribution in [0.15, 0.2) is 186 Å². The molecule has 0 radical (unpaired) electrons. The van der Waals surface area contributed by atoms with Gasteiger partial charge in [-0.1, -0.05) is 179 Å². The minimum atomic E-state index is 0.0820. The highest BCUT2D eigenvalue weighted by atomic mass is 16.3. The number of hydrogen-bond donors (Lipinski definition) is 0. The standard InChI is InChI=1S/C62H46N4O/c1-61(2)32-33-62(3,4)54-36-43(26-31-53(54)61)45-35-52(57-51-16-10-11-17-55(51)67-56(57)37-45)49-29-30-50(48-15-9-8-14-47(48)49)60-65-58(41-21-18-39(19-22-41)40-24-27-46(63-5)28-25-40)64-59(66-60)44-23-20-38-12-6-7-13-42(38)34-44/h6-31,34-37H,32-33H2,1-4H3. The molecule has 0 unspecified atom stereocenters. The van der Waals surface area contributed by atoms with Crippen molar-refractivity contribution >= 4 is 49.2 Å². The largest absolute Gasteiger partial charge is 0.456 e. The fraction of sp³-hybridized carbons (Fsp3) is 0.129. The first-order valence-corrected chi connectivity index (χ1v) is 23.1. The number of benzene rings is 9. The molecule has 5 nitrogen and oxygen atoms in total. The van der Waals surface area contributed by atoms with Gasteiger partial charge in [0, 0.05) is 27.5 Å². The highest BCUT2D eigenvalue weighted by molar-refractivity contribution is 6.17. The molecule has 320 valence electrons. The summed E-state index contributed by atoms with van der Waals surface area (Å²) in [7, 11) is 0. The molecule has 0 atom stereocenters. The summed E-state index contributed by atoms with van der Waals surface area (Å²) in [6.45, 7) is 16.9. The molecule has 11 aromatic rings. The number of furan rings is 1. The van der Waals surface area contributed by atoms with Gasteiger partial charge in [0.25, 0.3) is 0 Å². The Morgan fingerprint density at radius 3 is 1.73 bits per heavy atom. The summed E-state index contributed by atoms with van der Waals surface area (Å²) in [6.07, 6.45) is 2.33. The quantitative estimate of drug-likeness (QED) is 0.156. The third kappa shape index (κ3) is 6.96. The van der Waals surface area contributed by atoms with E-state index in [-0.39, 0.29) is 10.8 Å². The van der Waals surface area contributed by atoms with Gasteiger partial charge in [0.1, 0.15) is 11.2 Å². The first-order chi connectivity index (χ1) is 32.6. The fourth-order valence-electron chi connectivity index (χ4n) is 10.4. The monoisotopic (exact) mass is 862 g/mol. The van der Waals surface area contributed by atoms with Crippen LogP contribution < -0.4 is 0 Å². The van der Waals surface area contributed by atoms with Crippen LogP contribution in [0.3, 0.4) is 0 Å². The minimum Gasteiger partial charge on any atom is -0.456 e. The molecular formula is C62H46N4O. The summed E-state index contributed by atoms with van der Waals surface area (Å²) in [4.78, 5) is 19.2. The average molecular weight is 863 g/mol. The van der Waals surface area contributed by atoms with Crippen LogP contribution in [-0.4, -0.2) is 15.0 Å². The number of hydrogen-bond acceptors (Lipinski definition) is 4. The Balaban J connectivity index is 1.04.